The van der Waals surface area contributed by atoms with Gasteiger partial charge in [0.05, 0.1) is 4.90 Å². The molecule has 0 saturated carbocycles. The van der Waals surface area contributed by atoms with Crippen molar-refractivity contribution in [3.05, 3.63) is 65.5 Å². The molecule has 2 aromatic carbocycles. The second kappa shape index (κ2) is 6.16. The number of hydrogen-bond donors (Lipinski definition) is 2. The third-order valence-electron chi connectivity index (χ3n) is 3.40. The van der Waals surface area contributed by atoms with Gasteiger partial charge >= 0.3 is 0 Å². The number of aryl methyl sites for hydroxylation is 1. The maximum Gasteiger partial charge on any atom is 0.240 e. The van der Waals surface area contributed by atoms with Crippen molar-refractivity contribution >= 4 is 10.0 Å². The molecule has 1 unspecified atom stereocenters. The van der Waals surface area contributed by atoms with Gasteiger partial charge in [0.1, 0.15) is 11.4 Å². The van der Waals surface area contributed by atoms with Crippen LogP contribution in [0.15, 0.2) is 53.4 Å². The van der Waals surface area contributed by atoms with Gasteiger partial charge in [-0.2, -0.15) is 0 Å². The fourth-order valence-corrected chi connectivity index (χ4v) is 3.08. The van der Waals surface area contributed by atoms with E-state index in [1.807, 2.05) is 6.92 Å². The number of hydrogen-bond acceptors (Lipinski definition) is 3. The molecule has 6 heteroatoms. The van der Waals surface area contributed by atoms with Crippen LogP contribution >= 0.6 is 0 Å². The molecule has 0 amide bonds. The molecule has 2 aromatic rings. The molecular weight excluding hydrogens is 305 g/mol. The average molecular weight is 323 g/mol. The van der Waals surface area contributed by atoms with E-state index >= 15 is 0 Å². The van der Waals surface area contributed by atoms with Crippen molar-refractivity contribution < 1.29 is 17.9 Å². The molecule has 0 radical (unpaired) electrons. The van der Waals surface area contributed by atoms with E-state index in [1.54, 1.807) is 12.1 Å². The summed E-state index contributed by atoms with van der Waals surface area (Å²) in [5, 5.41) is 10.4. The van der Waals surface area contributed by atoms with E-state index in [0.29, 0.717) is 5.56 Å². The molecule has 0 aromatic heterocycles. The van der Waals surface area contributed by atoms with Gasteiger partial charge in [-0.25, -0.2) is 17.5 Å². The summed E-state index contributed by atoms with van der Waals surface area (Å²) in [6.45, 7) is 3.12. The second-order valence-electron chi connectivity index (χ2n) is 5.42. The van der Waals surface area contributed by atoms with Crippen molar-refractivity contribution in [2.24, 2.45) is 0 Å². The molecule has 0 aliphatic carbocycles. The van der Waals surface area contributed by atoms with Crippen LogP contribution in [-0.4, -0.2) is 20.1 Å². The van der Waals surface area contributed by atoms with Crippen LogP contribution in [0.2, 0.25) is 0 Å². The lowest BCUT2D eigenvalue weighted by Crippen LogP contribution is -2.38. The molecule has 0 aliphatic rings. The lowest BCUT2D eigenvalue weighted by molar-refractivity contribution is 0.0627. The first-order chi connectivity index (χ1) is 10.2. The SMILES string of the molecule is Cc1ccc(S(=O)(=O)NCC(C)(O)c2ccc(F)cc2)cc1. The van der Waals surface area contributed by atoms with Gasteiger partial charge in [0, 0.05) is 6.54 Å². The molecule has 22 heavy (non-hydrogen) atoms. The van der Waals surface area contributed by atoms with Gasteiger partial charge in [0.2, 0.25) is 10.0 Å². The smallest absolute Gasteiger partial charge is 0.240 e. The summed E-state index contributed by atoms with van der Waals surface area (Å²) in [7, 11) is -3.71. The average Bonchev–Trinajstić information content (AvgIpc) is 2.46. The Balaban J connectivity index is 2.13. The molecule has 2 rings (SSSR count). The normalized spacial score (nSPS) is 14.5. The quantitative estimate of drug-likeness (QED) is 0.887. The second-order valence-corrected chi connectivity index (χ2v) is 7.19. The van der Waals surface area contributed by atoms with E-state index in [2.05, 4.69) is 4.72 Å². The molecule has 0 bridgehead atoms. The summed E-state index contributed by atoms with van der Waals surface area (Å²) in [5.74, 6) is -0.417. The van der Waals surface area contributed by atoms with Crippen LogP contribution in [0.5, 0.6) is 0 Å². The minimum absolute atomic E-state index is 0.132. The zero-order chi connectivity index (χ0) is 16.4. The molecule has 118 valence electrons. The predicted octanol–water partition coefficient (Wildman–Crippen LogP) is 2.32. The van der Waals surface area contributed by atoms with Crippen LogP contribution in [0.3, 0.4) is 0 Å². The summed E-state index contributed by atoms with van der Waals surface area (Å²) in [5.41, 5.74) is -0.0522. The number of aliphatic hydroxyl groups is 1. The van der Waals surface area contributed by atoms with Crippen LogP contribution in [0.25, 0.3) is 0 Å². The zero-order valence-electron chi connectivity index (χ0n) is 12.4. The van der Waals surface area contributed by atoms with E-state index in [9.17, 15) is 17.9 Å². The Labute approximate surface area is 129 Å². The summed E-state index contributed by atoms with van der Waals surface area (Å²) < 4.78 is 39.7. The number of benzene rings is 2. The molecule has 4 nitrogen and oxygen atoms in total. The largest absolute Gasteiger partial charge is 0.384 e. The van der Waals surface area contributed by atoms with Gasteiger partial charge in [0.15, 0.2) is 0 Å². The maximum atomic E-state index is 12.9. The van der Waals surface area contributed by atoms with Crippen molar-refractivity contribution in [1.82, 2.24) is 4.72 Å². The molecule has 2 N–H and O–H groups in total. The van der Waals surface area contributed by atoms with Crippen molar-refractivity contribution in [2.75, 3.05) is 6.54 Å². The monoisotopic (exact) mass is 323 g/mol. The predicted molar refractivity (Wildman–Crippen MR) is 82.3 cm³/mol. The van der Waals surface area contributed by atoms with Gasteiger partial charge in [-0.3, -0.25) is 0 Å². The Morgan fingerprint density at radius 2 is 1.64 bits per heavy atom. The van der Waals surface area contributed by atoms with Crippen molar-refractivity contribution in [2.45, 2.75) is 24.3 Å². The van der Waals surface area contributed by atoms with Crippen LogP contribution in [0.4, 0.5) is 4.39 Å². The van der Waals surface area contributed by atoms with Crippen molar-refractivity contribution in [3.63, 3.8) is 0 Å². The number of halogens is 1. The molecule has 0 aliphatic heterocycles. The third kappa shape index (κ3) is 3.91. The summed E-state index contributed by atoms with van der Waals surface area (Å²) in [6.07, 6.45) is 0. The van der Waals surface area contributed by atoms with Gasteiger partial charge in [-0.05, 0) is 43.7 Å². The van der Waals surface area contributed by atoms with E-state index in [1.165, 1.54) is 43.3 Å². The third-order valence-corrected chi connectivity index (χ3v) is 4.82. The van der Waals surface area contributed by atoms with E-state index in [4.69, 9.17) is 0 Å². The standard InChI is InChI=1S/C16H18FNO3S/c1-12-3-9-15(10-4-12)22(20,21)18-11-16(2,19)13-5-7-14(17)8-6-13/h3-10,18-19H,11H2,1-2H3. The highest BCUT2D eigenvalue weighted by atomic mass is 32.2. The van der Waals surface area contributed by atoms with Gasteiger partial charge in [0.25, 0.3) is 0 Å². The first-order valence-electron chi connectivity index (χ1n) is 6.75. The first-order valence-corrected chi connectivity index (χ1v) is 8.24. The number of sulfonamides is 1. The summed E-state index contributed by atoms with van der Waals surface area (Å²) >= 11 is 0. The molecule has 0 fully saturated rings. The van der Waals surface area contributed by atoms with Crippen molar-refractivity contribution in [1.29, 1.82) is 0 Å². The topological polar surface area (TPSA) is 66.4 Å². The number of nitrogens with one attached hydrogen (secondary N) is 1. The Morgan fingerprint density at radius 1 is 1.09 bits per heavy atom. The molecule has 1 atom stereocenters. The number of rotatable bonds is 5. The van der Waals surface area contributed by atoms with Gasteiger partial charge in [-0.15, -0.1) is 0 Å². The summed E-state index contributed by atoms with van der Waals surface area (Å²) in [6, 6.07) is 11.7. The van der Waals surface area contributed by atoms with E-state index in [-0.39, 0.29) is 11.4 Å². The van der Waals surface area contributed by atoms with Crippen molar-refractivity contribution in [3.8, 4) is 0 Å². The Morgan fingerprint density at radius 3 is 2.18 bits per heavy atom. The van der Waals surface area contributed by atoms with Gasteiger partial charge in [-0.1, -0.05) is 29.8 Å². The van der Waals surface area contributed by atoms with Crippen LogP contribution in [-0.2, 0) is 15.6 Å². The lowest BCUT2D eigenvalue weighted by atomic mass is 9.96. The Hall–Kier alpha value is -1.76. The fourth-order valence-electron chi connectivity index (χ4n) is 1.95. The molecular formula is C16H18FNO3S. The Kier molecular flexibility index (Phi) is 4.65. The fraction of sp³-hybridized carbons (Fsp3) is 0.250. The van der Waals surface area contributed by atoms with E-state index in [0.717, 1.165) is 5.56 Å². The first kappa shape index (κ1) is 16.6. The van der Waals surface area contributed by atoms with Gasteiger partial charge < -0.3 is 5.11 Å². The van der Waals surface area contributed by atoms with Crippen LogP contribution in [0, 0.1) is 12.7 Å². The lowest BCUT2D eigenvalue weighted by Gasteiger charge is -2.24. The van der Waals surface area contributed by atoms with Crippen LogP contribution in [0.1, 0.15) is 18.1 Å². The highest BCUT2D eigenvalue weighted by Crippen LogP contribution is 2.21. The molecule has 0 heterocycles. The zero-order valence-corrected chi connectivity index (χ0v) is 13.2. The molecule has 0 spiro atoms. The highest BCUT2D eigenvalue weighted by molar-refractivity contribution is 7.89. The summed E-state index contributed by atoms with van der Waals surface area (Å²) in [4.78, 5) is 0.132. The maximum absolute atomic E-state index is 12.9. The minimum Gasteiger partial charge on any atom is -0.384 e. The highest BCUT2D eigenvalue weighted by Gasteiger charge is 2.26. The Bertz CT molecular complexity index is 738. The molecule has 0 saturated heterocycles. The van der Waals surface area contributed by atoms with E-state index < -0.39 is 21.4 Å². The van der Waals surface area contributed by atoms with Crippen LogP contribution < -0.4 is 4.72 Å². The minimum atomic E-state index is -3.71.